The third-order valence-electron chi connectivity index (χ3n) is 4.02. The Kier molecular flexibility index (Phi) is 3.64. The fraction of sp³-hybridized carbons (Fsp3) is 0.769. The first kappa shape index (κ1) is 11.6. The fourth-order valence-electron chi connectivity index (χ4n) is 3.02. The van der Waals surface area contributed by atoms with Crippen LogP contribution in [0.15, 0.2) is 12.2 Å². The van der Waals surface area contributed by atoms with Crippen LogP contribution in [-0.4, -0.2) is 24.3 Å². The van der Waals surface area contributed by atoms with Gasteiger partial charge in [-0.1, -0.05) is 19.1 Å². The van der Waals surface area contributed by atoms with Crippen molar-refractivity contribution >= 4 is 5.97 Å². The van der Waals surface area contributed by atoms with E-state index in [-0.39, 0.29) is 18.5 Å². The van der Waals surface area contributed by atoms with E-state index in [2.05, 4.69) is 12.2 Å². The van der Waals surface area contributed by atoms with E-state index in [9.17, 15) is 9.90 Å². The van der Waals surface area contributed by atoms with Crippen molar-refractivity contribution in [2.45, 2.75) is 26.2 Å². The highest BCUT2D eigenvalue weighted by Gasteiger charge is 2.40. The normalized spacial score (nSPS) is 36.4. The molecular formula is C13H20O3. The average molecular weight is 224 g/mol. The maximum absolute atomic E-state index is 11.2. The van der Waals surface area contributed by atoms with Gasteiger partial charge < -0.3 is 9.84 Å². The molecule has 3 rings (SSSR count). The van der Waals surface area contributed by atoms with E-state index in [4.69, 9.17) is 4.74 Å². The summed E-state index contributed by atoms with van der Waals surface area (Å²) in [4.78, 5) is 11.2. The molecule has 3 nitrogen and oxygen atoms in total. The molecule has 0 aromatic heterocycles. The van der Waals surface area contributed by atoms with E-state index in [1.54, 1.807) is 6.92 Å². The summed E-state index contributed by atoms with van der Waals surface area (Å²) in [7, 11) is 0. The van der Waals surface area contributed by atoms with Crippen molar-refractivity contribution in [1.82, 2.24) is 0 Å². The number of carbonyl (C=O) groups excluding carboxylic acids is 1. The molecule has 3 aliphatic rings. The number of esters is 1. The molecule has 0 radical (unpaired) electrons. The summed E-state index contributed by atoms with van der Waals surface area (Å²) in [6.07, 6.45) is 7.25. The van der Waals surface area contributed by atoms with Crippen molar-refractivity contribution in [1.29, 1.82) is 0 Å². The van der Waals surface area contributed by atoms with Gasteiger partial charge in [-0.05, 0) is 30.6 Å². The van der Waals surface area contributed by atoms with E-state index in [1.165, 1.54) is 12.8 Å². The molecule has 0 aromatic carbocycles. The van der Waals surface area contributed by atoms with Crippen LogP contribution in [0.25, 0.3) is 0 Å². The number of carbonyl (C=O) groups is 1. The summed E-state index contributed by atoms with van der Waals surface area (Å²) in [5, 5.41) is 9.43. The summed E-state index contributed by atoms with van der Waals surface area (Å²) in [6.45, 7) is 2.49. The summed E-state index contributed by atoms with van der Waals surface area (Å²) in [5.74, 6) is 1.45. The second kappa shape index (κ2) is 5.00. The first-order chi connectivity index (χ1) is 7.76. The van der Waals surface area contributed by atoms with Crippen LogP contribution in [0.4, 0.5) is 0 Å². The van der Waals surface area contributed by atoms with Crippen molar-refractivity contribution in [3.63, 3.8) is 0 Å². The Morgan fingerprint density at radius 1 is 1.31 bits per heavy atom. The lowest BCUT2D eigenvalue weighted by Gasteiger charge is -2.44. The van der Waals surface area contributed by atoms with Crippen molar-refractivity contribution in [2.24, 2.45) is 23.7 Å². The highest BCUT2D eigenvalue weighted by molar-refractivity contribution is 5.68. The highest BCUT2D eigenvalue weighted by Crippen LogP contribution is 2.44. The average Bonchev–Trinajstić information content (AvgIpc) is 2.36. The number of allylic oxidation sites excluding steroid dienone is 2. The predicted octanol–water partition coefficient (Wildman–Crippen LogP) is 1.76. The van der Waals surface area contributed by atoms with Crippen LogP contribution in [-0.2, 0) is 9.53 Å². The first-order valence-corrected chi connectivity index (χ1v) is 6.21. The molecule has 0 aromatic rings. The number of aliphatic hydroxyl groups excluding tert-OH is 1. The van der Waals surface area contributed by atoms with Crippen LogP contribution in [0.3, 0.4) is 0 Å². The number of rotatable bonds is 4. The molecule has 0 aliphatic heterocycles. The first-order valence-electron chi connectivity index (χ1n) is 6.21. The third-order valence-corrected chi connectivity index (χ3v) is 4.02. The lowest BCUT2D eigenvalue weighted by atomic mass is 9.63. The minimum atomic E-state index is -0.137. The second-order valence-electron chi connectivity index (χ2n) is 4.84. The number of hydrogen-bond acceptors (Lipinski definition) is 3. The van der Waals surface area contributed by atoms with Gasteiger partial charge in [0.1, 0.15) is 0 Å². The number of ether oxygens (including phenoxy) is 1. The number of aliphatic hydroxyl groups is 1. The third kappa shape index (κ3) is 2.14. The zero-order chi connectivity index (χ0) is 11.5. The maximum atomic E-state index is 11.2. The molecule has 3 aliphatic carbocycles. The van der Waals surface area contributed by atoms with Gasteiger partial charge >= 0.3 is 5.97 Å². The summed E-state index contributed by atoms with van der Waals surface area (Å²) >= 11 is 0. The molecular weight excluding hydrogens is 204 g/mol. The Balaban J connectivity index is 1.97. The molecule has 90 valence electrons. The van der Waals surface area contributed by atoms with E-state index >= 15 is 0 Å². The Labute approximate surface area is 96.5 Å². The van der Waals surface area contributed by atoms with Gasteiger partial charge in [-0.2, -0.15) is 0 Å². The number of hydrogen-bond donors (Lipinski definition) is 1. The van der Waals surface area contributed by atoms with Gasteiger partial charge in [0, 0.05) is 18.9 Å². The molecule has 4 atom stereocenters. The molecule has 1 fully saturated rings. The van der Waals surface area contributed by atoms with Crippen LogP contribution in [0.5, 0.6) is 0 Å². The molecule has 0 heterocycles. The standard InChI is InChI=1S/C13H20O3/c1-2-13(15)16-8-12-10-5-3-9(4-6-10)11(12)7-14/h3,5,9-12,14H,2,4,6-8H2,1H3. The van der Waals surface area contributed by atoms with Gasteiger partial charge in [-0.3, -0.25) is 4.79 Å². The van der Waals surface area contributed by atoms with Gasteiger partial charge in [0.15, 0.2) is 0 Å². The maximum Gasteiger partial charge on any atom is 0.305 e. The SMILES string of the molecule is CCC(=O)OCC1C2C=CC(CC2)C1CO. The largest absolute Gasteiger partial charge is 0.465 e. The zero-order valence-electron chi connectivity index (χ0n) is 9.76. The van der Waals surface area contributed by atoms with E-state index in [0.717, 1.165) is 0 Å². The Bertz CT molecular complexity index is 285. The second-order valence-corrected chi connectivity index (χ2v) is 4.84. The van der Waals surface area contributed by atoms with Crippen molar-refractivity contribution in [3.05, 3.63) is 12.2 Å². The summed E-state index contributed by atoms with van der Waals surface area (Å²) in [5.41, 5.74) is 0. The molecule has 3 heteroatoms. The summed E-state index contributed by atoms with van der Waals surface area (Å²) in [6, 6.07) is 0. The Morgan fingerprint density at radius 2 is 1.94 bits per heavy atom. The van der Waals surface area contributed by atoms with E-state index in [0.29, 0.717) is 30.8 Å². The zero-order valence-corrected chi connectivity index (χ0v) is 9.76. The fourth-order valence-corrected chi connectivity index (χ4v) is 3.02. The van der Waals surface area contributed by atoms with Gasteiger partial charge in [0.05, 0.1) is 6.61 Å². The highest BCUT2D eigenvalue weighted by atomic mass is 16.5. The van der Waals surface area contributed by atoms with Crippen molar-refractivity contribution < 1.29 is 14.6 Å². The van der Waals surface area contributed by atoms with E-state index in [1.807, 2.05) is 0 Å². The lowest BCUT2D eigenvalue weighted by Crippen LogP contribution is -2.41. The summed E-state index contributed by atoms with van der Waals surface area (Å²) < 4.78 is 5.23. The van der Waals surface area contributed by atoms with Gasteiger partial charge in [0.25, 0.3) is 0 Å². The van der Waals surface area contributed by atoms with Crippen LogP contribution < -0.4 is 0 Å². The molecule has 16 heavy (non-hydrogen) atoms. The molecule has 1 saturated carbocycles. The molecule has 0 amide bonds. The molecule has 4 unspecified atom stereocenters. The molecule has 0 saturated heterocycles. The Hall–Kier alpha value is -0.830. The molecule has 2 bridgehead atoms. The quantitative estimate of drug-likeness (QED) is 0.584. The van der Waals surface area contributed by atoms with Crippen molar-refractivity contribution in [2.75, 3.05) is 13.2 Å². The van der Waals surface area contributed by atoms with Crippen LogP contribution in [0.2, 0.25) is 0 Å². The van der Waals surface area contributed by atoms with Gasteiger partial charge in [-0.25, -0.2) is 0 Å². The van der Waals surface area contributed by atoms with Gasteiger partial charge in [-0.15, -0.1) is 0 Å². The topological polar surface area (TPSA) is 46.5 Å². The van der Waals surface area contributed by atoms with Crippen LogP contribution >= 0.6 is 0 Å². The van der Waals surface area contributed by atoms with Crippen molar-refractivity contribution in [3.8, 4) is 0 Å². The lowest BCUT2D eigenvalue weighted by molar-refractivity contribution is -0.147. The molecule has 1 N–H and O–H groups in total. The predicted molar refractivity (Wildman–Crippen MR) is 60.7 cm³/mol. The minimum Gasteiger partial charge on any atom is -0.465 e. The minimum absolute atomic E-state index is 0.137. The number of fused-ring (bicyclic) bond motifs is 2. The van der Waals surface area contributed by atoms with E-state index < -0.39 is 0 Å². The molecule has 0 spiro atoms. The smallest absolute Gasteiger partial charge is 0.305 e. The Morgan fingerprint density at radius 3 is 2.44 bits per heavy atom. The van der Waals surface area contributed by atoms with Crippen LogP contribution in [0.1, 0.15) is 26.2 Å². The van der Waals surface area contributed by atoms with Gasteiger partial charge in [0.2, 0.25) is 0 Å². The van der Waals surface area contributed by atoms with Crippen LogP contribution in [0, 0.1) is 23.7 Å². The monoisotopic (exact) mass is 224 g/mol.